The predicted octanol–water partition coefficient (Wildman–Crippen LogP) is 5.09. The van der Waals surface area contributed by atoms with Crippen molar-refractivity contribution >= 4 is 33.7 Å². The largest absolute Gasteiger partial charge is 0.493 e. The molecular weight excluding hydrogens is 637 g/mol. The molecule has 3 aliphatic rings. The third-order valence-corrected chi connectivity index (χ3v) is 9.84. The molecule has 0 N–H and O–H groups in total. The van der Waals surface area contributed by atoms with Crippen molar-refractivity contribution in [3.05, 3.63) is 69.2 Å². The topological polar surface area (TPSA) is 96.5 Å². The highest BCUT2D eigenvalue weighted by molar-refractivity contribution is 7.87. The predicted molar refractivity (Wildman–Crippen MR) is 146 cm³/mol. The van der Waals surface area contributed by atoms with Gasteiger partial charge in [-0.2, -0.15) is 25.9 Å². The van der Waals surface area contributed by atoms with Crippen molar-refractivity contribution in [2.45, 2.75) is 63.5 Å². The number of likely N-dealkylation sites (tertiary alicyclic amines) is 1. The van der Waals surface area contributed by atoms with Crippen LogP contribution in [-0.2, 0) is 37.7 Å². The molecule has 1 saturated carbocycles. The molecule has 9 nitrogen and oxygen atoms in total. The minimum Gasteiger partial charge on any atom is -0.373 e. The van der Waals surface area contributed by atoms with Gasteiger partial charge in [0, 0.05) is 37.7 Å². The van der Waals surface area contributed by atoms with Crippen molar-refractivity contribution < 1.29 is 49.5 Å². The average molecular weight is 666 g/mol. The van der Waals surface area contributed by atoms with Gasteiger partial charge in [0.15, 0.2) is 0 Å². The highest BCUT2D eigenvalue weighted by Crippen LogP contribution is 2.43. The van der Waals surface area contributed by atoms with E-state index in [4.69, 9.17) is 16.3 Å². The molecule has 2 aromatic carbocycles. The van der Waals surface area contributed by atoms with Crippen LogP contribution in [0.15, 0.2) is 30.3 Å². The molecule has 0 bridgehead atoms. The van der Waals surface area contributed by atoms with E-state index >= 15 is 4.39 Å². The van der Waals surface area contributed by atoms with Crippen LogP contribution >= 0.6 is 11.6 Å². The molecule has 2 aromatic rings. The second kappa shape index (κ2) is 12.9. The van der Waals surface area contributed by atoms with Gasteiger partial charge in [-0.05, 0) is 83.4 Å². The third-order valence-electron chi connectivity index (χ3n) is 7.81. The Morgan fingerprint density at radius 1 is 0.977 bits per heavy atom. The van der Waals surface area contributed by atoms with Crippen molar-refractivity contribution in [1.82, 2.24) is 13.7 Å². The second-order valence-corrected chi connectivity index (χ2v) is 13.1. The zero-order valence-corrected chi connectivity index (χ0v) is 24.9. The first-order chi connectivity index (χ1) is 20.7. The summed E-state index contributed by atoms with van der Waals surface area (Å²) in [6.45, 7) is 1.52. The highest BCUT2D eigenvalue weighted by Gasteiger charge is 2.48. The van der Waals surface area contributed by atoms with E-state index in [1.165, 1.54) is 12.1 Å². The van der Waals surface area contributed by atoms with Gasteiger partial charge in [0.2, 0.25) is 0 Å². The highest BCUT2D eigenvalue weighted by atomic mass is 35.5. The standard InChI is InChI=1S/C28H29ClF5N3O6S/c29-24-13-20(30)5-4-18(24)16-42-21-6-10-35(11-7-21)15-19-12-25(31)23(14-22(19)17-2-3-17)26(38)37(43-27(39)28(32,33)34)44(40,41)36-8-1-9-36/h4-5,12-14,17,21H,1-3,6-11,15-16H2. The Balaban J connectivity index is 1.29. The molecule has 2 saturated heterocycles. The van der Waals surface area contributed by atoms with Crippen LogP contribution < -0.4 is 0 Å². The lowest BCUT2D eigenvalue weighted by Crippen LogP contribution is -2.53. The van der Waals surface area contributed by atoms with Crippen LogP contribution in [0, 0.1) is 11.6 Å². The number of hydrogen-bond donors (Lipinski definition) is 0. The molecule has 5 rings (SSSR count). The lowest BCUT2D eigenvalue weighted by atomic mass is 9.97. The minimum absolute atomic E-state index is 0.0448. The van der Waals surface area contributed by atoms with Gasteiger partial charge in [-0.25, -0.2) is 13.6 Å². The van der Waals surface area contributed by atoms with E-state index in [2.05, 4.69) is 9.74 Å². The normalized spacial score (nSPS) is 18.6. The van der Waals surface area contributed by atoms with Gasteiger partial charge in [0.25, 0.3) is 0 Å². The van der Waals surface area contributed by atoms with Crippen LogP contribution in [-0.4, -0.2) is 72.4 Å². The van der Waals surface area contributed by atoms with Gasteiger partial charge < -0.3 is 9.57 Å². The van der Waals surface area contributed by atoms with E-state index in [1.54, 1.807) is 6.07 Å². The summed E-state index contributed by atoms with van der Waals surface area (Å²) < 4.78 is 99.2. The summed E-state index contributed by atoms with van der Waals surface area (Å²) in [4.78, 5) is 30.9. The Morgan fingerprint density at radius 2 is 1.66 bits per heavy atom. The number of hydroxylamine groups is 1. The Bertz CT molecular complexity index is 1530. The molecule has 2 heterocycles. The number of nitrogens with zero attached hydrogens (tertiary/aromatic N) is 3. The van der Waals surface area contributed by atoms with E-state index in [9.17, 15) is 35.6 Å². The molecule has 1 aliphatic carbocycles. The van der Waals surface area contributed by atoms with Crippen LogP contribution in [0.3, 0.4) is 0 Å². The van der Waals surface area contributed by atoms with E-state index in [0.29, 0.717) is 59.9 Å². The first kappa shape index (κ1) is 32.5. The molecule has 16 heteroatoms. The number of carbonyl (C=O) groups is 2. The fraction of sp³-hybridized carbons (Fsp3) is 0.500. The molecule has 0 aromatic heterocycles. The van der Waals surface area contributed by atoms with Crippen LogP contribution in [0.25, 0.3) is 0 Å². The number of halogens is 6. The molecule has 0 radical (unpaired) electrons. The van der Waals surface area contributed by atoms with Crippen molar-refractivity contribution in [3.63, 3.8) is 0 Å². The van der Waals surface area contributed by atoms with Crippen LogP contribution in [0.2, 0.25) is 5.02 Å². The zero-order chi connectivity index (χ0) is 31.8. The molecule has 0 atom stereocenters. The summed E-state index contributed by atoms with van der Waals surface area (Å²) in [6.07, 6.45) is -2.52. The summed E-state index contributed by atoms with van der Waals surface area (Å²) in [5.74, 6) is -6.31. The lowest BCUT2D eigenvalue weighted by molar-refractivity contribution is -0.217. The molecule has 44 heavy (non-hydrogen) atoms. The first-order valence-electron chi connectivity index (χ1n) is 14.0. The van der Waals surface area contributed by atoms with E-state index in [0.717, 1.165) is 25.0 Å². The van der Waals surface area contributed by atoms with Crippen LogP contribution in [0.1, 0.15) is 65.1 Å². The first-order valence-corrected chi connectivity index (χ1v) is 15.8. The molecular formula is C28H29ClF5N3O6S. The van der Waals surface area contributed by atoms with Crippen molar-refractivity contribution in [2.75, 3.05) is 26.2 Å². The molecule has 3 fully saturated rings. The number of benzene rings is 2. The maximum atomic E-state index is 15.4. The number of hydrogen-bond acceptors (Lipinski definition) is 7. The van der Waals surface area contributed by atoms with E-state index < -0.39 is 49.9 Å². The zero-order valence-electron chi connectivity index (χ0n) is 23.3. The summed E-state index contributed by atoms with van der Waals surface area (Å²) in [5.41, 5.74) is 0.978. The SMILES string of the molecule is O=C(c1cc(C2CC2)c(CN2CCC(OCc3ccc(F)cc3Cl)CC2)cc1F)N(OC(=O)C(F)(F)F)S(=O)(=O)N1CCC1. The number of rotatable bonds is 9. The number of alkyl halides is 3. The fourth-order valence-corrected chi connectivity index (χ4v) is 6.69. The maximum Gasteiger partial charge on any atom is 0.493 e. The Morgan fingerprint density at radius 3 is 2.23 bits per heavy atom. The summed E-state index contributed by atoms with van der Waals surface area (Å²) in [5, 5.41) is 0.277. The number of carbonyl (C=O) groups excluding carboxylic acids is 2. The van der Waals surface area contributed by atoms with Crippen LogP contribution in [0.5, 0.6) is 0 Å². The lowest BCUT2D eigenvalue weighted by Gasteiger charge is -2.33. The van der Waals surface area contributed by atoms with Crippen molar-refractivity contribution in [1.29, 1.82) is 0 Å². The summed E-state index contributed by atoms with van der Waals surface area (Å²) in [6, 6.07) is 6.32. The maximum absolute atomic E-state index is 15.4. The Labute approximate surface area is 255 Å². The Hall–Kier alpha value is -2.85. The third kappa shape index (κ3) is 7.33. The molecule has 2 aliphatic heterocycles. The van der Waals surface area contributed by atoms with Gasteiger partial charge in [0.05, 0.1) is 18.3 Å². The van der Waals surface area contributed by atoms with Gasteiger partial charge in [-0.3, -0.25) is 9.69 Å². The van der Waals surface area contributed by atoms with Crippen molar-refractivity contribution in [3.8, 4) is 0 Å². The van der Waals surface area contributed by atoms with Gasteiger partial charge in [-0.1, -0.05) is 17.7 Å². The smallest absolute Gasteiger partial charge is 0.373 e. The van der Waals surface area contributed by atoms with E-state index in [-0.39, 0.29) is 36.7 Å². The molecule has 0 spiro atoms. The summed E-state index contributed by atoms with van der Waals surface area (Å²) in [7, 11) is -5.00. The van der Waals surface area contributed by atoms with Gasteiger partial charge in [-0.15, -0.1) is 0 Å². The van der Waals surface area contributed by atoms with E-state index in [1.807, 2.05) is 0 Å². The average Bonchev–Trinajstić information content (AvgIpc) is 3.75. The number of ether oxygens (including phenoxy) is 1. The van der Waals surface area contributed by atoms with Gasteiger partial charge in [0.1, 0.15) is 11.6 Å². The van der Waals surface area contributed by atoms with Gasteiger partial charge >= 0.3 is 28.3 Å². The quantitative estimate of drug-likeness (QED) is 0.272. The summed E-state index contributed by atoms with van der Waals surface area (Å²) >= 11 is 6.07. The Kier molecular flexibility index (Phi) is 9.52. The molecule has 1 amide bonds. The molecule has 240 valence electrons. The minimum atomic E-state index is -5.60. The number of amides is 1. The van der Waals surface area contributed by atoms with Crippen molar-refractivity contribution in [2.24, 2.45) is 0 Å². The fourth-order valence-electron chi connectivity index (χ4n) is 5.07. The second-order valence-electron chi connectivity index (χ2n) is 11.0. The van der Waals surface area contributed by atoms with Crippen LogP contribution in [0.4, 0.5) is 22.0 Å². The molecule has 0 unspecified atom stereocenters. The monoisotopic (exact) mass is 665 g/mol. The number of piperidine rings is 1.